The zero-order valence-corrected chi connectivity index (χ0v) is 10.6. The van der Waals surface area contributed by atoms with Gasteiger partial charge in [-0.05, 0) is 18.6 Å². The Morgan fingerprint density at radius 3 is 3.06 bits per heavy atom. The van der Waals surface area contributed by atoms with Gasteiger partial charge in [0.25, 0.3) is 0 Å². The molecule has 0 aliphatic heterocycles. The Balaban J connectivity index is 2.37. The minimum atomic E-state index is -0.518. The van der Waals surface area contributed by atoms with E-state index in [0.717, 1.165) is 4.70 Å². The third-order valence-electron chi connectivity index (χ3n) is 2.66. The van der Waals surface area contributed by atoms with Crippen molar-refractivity contribution >= 4 is 32.9 Å². The van der Waals surface area contributed by atoms with Crippen molar-refractivity contribution in [3.05, 3.63) is 27.8 Å². The fraction of sp³-hybridized carbons (Fsp3) is 0.364. The maximum atomic E-state index is 11.1. The standard InChI is InChI=1S/C11H13N3O3S/c1-2-7(15)5-12-8-3-4-9-10(13-6-18-9)11(8)14(16)17/h3-4,6-7,12,15H,2,5H2,1H3. The Labute approximate surface area is 107 Å². The third kappa shape index (κ3) is 2.41. The number of aliphatic hydroxyl groups is 1. The number of rotatable bonds is 5. The number of nitro groups is 1. The zero-order valence-electron chi connectivity index (χ0n) is 9.79. The van der Waals surface area contributed by atoms with Crippen molar-refractivity contribution in [2.45, 2.75) is 19.4 Å². The Kier molecular flexibility index (Phi) is 3.73. The Morgan fingerprint density at radius 1 is 1.61 bits per heavy atom. The van der Waals surface area contributed by atoms with Gasteiger partial charge in [0.05, 0.1) is 21.2 Å². The number of hydrogen-bond acceptors (Lipinski definition) is 6. The molecular weight excluding hydrogens is 254 g/mol. The molecule has 1 aromatic heterocycles. The lowest BCUT2D eigenvalue weighted by Gasteiger charge is -2.10. The maximum absolute atomic E-state index is 11.1. The first-order valence-electron chi connectivity index (χ1n) is 5.56. The predicted molar refractivity (Wildman–Crippen MR) is 71.1 cm³/mol. The smallest absolute Gasteiger partial charge is 0.319 e. The van der Waals surface area contributed by atoms with Crippen LogP contribution in [0.25, 0.3) is 10.2 Å². The Morgan fingerprint density at radius 2 is 2.39 bits per heavy atom. The molecule has 1 heterocycles. The van der Waals surface area contributed by atoms with Crippen molar-refractivity contribution in [2.75, 3.05) is 11.9 Å². The van der Waals surface area contributed by atoms with Crippen LogP contribution in [0.15, 0.2) is 17.6 Å². The van der Waals surface area contributed by atoms with Crippen molar-refractivity contribution in [1.29, 1.82) is 0 Å². The lowest BCUT2D eigenvalue weighted by Crippen LogP contribution is -2.18. The van der Waals surface area contributed by atoms with Crippen LogP contribution in [0.4, 0.5) is 11.4 Å². The third-order valence-corrected chi connectivity index (χ3v) is 3.45. The molecule has 2 N–H and O–H groups in total. The van der Waals surface area contributed by atoms with Gasteiger partial charge in [0.15, 0.2) is 5.52 Å². The van der Waals surface area contributed by atoms with Crippen molar-refractivity contribution in [1.82, 2.24) is 4.98 Å². The largest absolute Gasteiger partial charge is 0.391 e. The number of thiazole rings is 1. The number of fused-ring (bicyclic) bond motifs is 1. The molecule has 0 bridgehead atoms. The Hall–Kier alpha value is -1.73. The molecule has 0 aliphatic carbocycles. The number of aromatic nitrogens is 1. The number of nitrogens with one attached hydrogen (secondary N) is 1. The Bertz CT molecular complexity index is 570. The lowest BCUT2D eigenvalue weighted by atomic mass is 10.2. The predicted octanol–water partition coefficient (Wildman–Crippen LogP) is 2.39. The van der Waals surface area contributed by atoms with Crippen LogP contribution in [0.3, 0.4) is 0 Å². The summed E-state index contributed by atoms with van der Waals surface area (Å²) in [5.74, 6) is 0. The van der Waals surface area contributed by atoms with Crippen LogP contribution in [-0.4, -0.2) is 27.7 Å². The summed E-state index contributed by atoms with van der Waals surface area (Å²) in [7, 11) is 0. The summed E-state index contributed by atoms with van der Waals surface area (Å²) >= 11 is 1.36. The fourth-order valence-electron chi connectivity index (χ4n) is 1.62. The highest BCUT2D eigenvalue weighted by Gasteiger charge is 2.20. The van der Waals surface area contributed by atoms with Gasteiger partial charge in [-0.1, -0.05) is 6.92 Å². The quantitative estimate of drug-likeness (QED) is 0.641. The van der Waals surface area contributed by atoms with Crippen molar-refractivity contribution in [3.8, 4) is 0 Å². The van der Waals surface area contributed by atoms with E-state index in [0.29, 0.717) is 17.6 Å². The molecule has 1 aromatic carbocycles. The highest BCUT2D eigenvalue weighted by Crippen LogP contribution is 2.34. The second kappa shape index (κ2) is 5.28. The van der Waals surface area contributed by atoms with E-state index in [1.807, 2.05) is 6.92 Å². The normalized spacial score (nSPS) is 12.6. The summed E-state index contributed by atoms with van der Waals surface area (Å²) in [4.78, 5) is 14.7. The molecule has 2 rings (SSSR count). The molecule has 7 heteroatoms. The molecule has 1 atom stereocenters. The highest BCUT2D eigenvalue weighted by molar-refractivity contribution is 7.16. The molecule has 0 fully saturated rings. The van der Waals surface area contributed by atoms with Gasteiger partial charge in [0.1, 0.15) is 5.69 Å². The first-order chi connectivity index (χ1) is 8.63. The van der Waals surface area contributed by atoms with Crippen molar-refractivity contribution < 1.29 is 10.0 Å². The van der Waals surface area contributed by atoms with Crippen LogP contribution in [0.1, 0.15) is 13.3 Å². The summed E-state index contributed by atoms with van der Waals surface area (Å²) in [5, 5.41) is 23.5. The molecule has 0 spiro atoms. The molecule has 0 radical (unpaired) electrons. The molecule has 6 nitrogen and oxygen atoms in total. The van der Waals surface area contributed by atoms with Crippen LogP contribution in [-0.2, 0) is 0 Å². The van der Waals surface area contributed by atoms with E-state index in [2.05, 4.69) is 10.3 Å². The van der Waals surface area contributed by atoms with E-state index in [1.54, 1.807) is 17.6 Å². The molecule has 0 saturated heterocycles. The number of aliphatic hydroxyl groups excluding tert-OH is 1. The van der Waals surface area contributed by atoms with E-state index in [9.17, 15) is 15.2 Å². The average molecular weight is 267 g/mol. The number of nitrogens with zero attached hydrogens (tertiary/aromatic N) is 2. The fourth-order valence-corrected chi connectivity index (χ4v) is 2.30. The van der Waals surface area contributed by atoms with Gasteiger partial charge >= 0.3 is 5.69 Å². The van der Waals surface area contributed by atoms with E-state index in [1.165, 1.54) is 11.3 Å². The van der Waals surface area contributed by atoms with Gasteiger partial charge < -0.3 is 10.4 Å². The van der Waals surface area contributed by atoms with Crippen LogP contribution in [0, 0.1) is 10.1 Å². The molecule has 0 amide bonds. The van der Waals surface area contributed by atoms with Crippen molar-refractivity contribution in [3.63, 3.8) is 0 Å². The van der Waals surface area contributed by atoms with Gasteiger partial charge in [-0.2, -0.15) is 0 Å². The molecule has 1 unspecified atom stereocenters. The summed E-state index contributed by atoms with van der Waals surface area (Å²) in [6.45, 7) is 2.14. The van der Waals surface area contributed by atoms with Gasteiger partial charge in [0.2, 0.25) is 0 Å². The number of hydrogen-bond donors (Lipinski definition) is 2. The first kappa shape index (κ1) is 12.7. The molecule has 2 aromatic rings. The topological polar surface area (TPSA) is 88.3 Å². The van der Waals surface area contributed by atoms with Gasteiger partial charge in [-0.3, -0.25) is 10.1 Å². The second-order valence-electron chi connectivity index (χ2n) is 3.86. The lowest BCUT2D eigenvalue weighted by molar-refractivity contribution is -0.382. The number of anilines is 1. The summed E-state index contributed by atoms with van der Waals surface area (Å²) in [6.07, 6.45) is 0.0791. The maximum Gasteiger partial charge on any atom is 0.319 e. The van der Waals surface area contributed by atoms with E-state index in [-0.39, 0.29) is 12.2 Å². The molecule has 18 heavy (non-hydrogen) atoms. The van der Waals surface area contributed by atoms with Crippen LogP contribution in [0.2, 0.25) is 0 Å². The molecule has 0 aliphatic rings. The van der Waals surface area contributed by atoms with Gasteiger partial charge in [-0.25, -0.2) is 4.98 Å². The zero-order chi connectivity index (χ0) is 13.1. The number of nitro benzene ring substituents is 1. The van der Waals surface area contributed by atoms with Crippen molar-refractivity contribution in [2.24, 2.45) is 0 Å². The summed E-state index contributed by atoms with van der Waals surface area (Å²) < 4.78 is 0.781. The molecule has 0 saturated carbocycles. The monoisotopic (exact) mass is 267 g/mol. The highest BCUT2D eigenvalue weighted by atomic mass is 32.1. The van der Waals surface area contributed by atoms with Crippen LogP contribution in [0.5, 0.6) is 0 Å². The van der Waals surface area contributed by atoms with Crippen LogP contribution >= 0.6 is 11.3 Å². The SMILES string of the molecule is CCC(O)CNc1ccc2scnc2c1[N+](=O)[O-]. The first-order valence-corrected chi connectivity index (χ1v) is 6.44. The van der Waals surface area contributed by atoms with Gasteiger partial charge in [-0.15, -0.1) is 11.3 Å². The minimum Gasteiger partial charge on any atom is -0.391 e. The van der Waals surface area contributed by atoms with Gasteiger partial charge in [0, 0.05) is 6.54 Å². The molecule has 96 valence electrons. The average Bonchev–Trinajstić information content (AvgIpc) is 2.82. The summed E-state index contributed by atoms with van der Waals surface area (Å²) in [5.41, 5.74) is 2.34. The molecular formula is C11H13N3O3S. The summed E-state index contributed by atoms with van der Waals surface area (Å²) in [6, 6.07) is 3.45. The van der Waals surface area contributed by atoms with E-state index in [4.69, 9.17) is 0 Å². The van der Waals surface area contributed by atoms with E-state index >= 15 is 0 Å². The minimum absolute atomic E-state index is 0.0305. The van der Waals surface area contributed by atoms with E-state index < -0.39 is 11.0 Å². The van der Waals surface area contributed by atoms with Crippen LogP contribution < -0.4 is 5.32 Å². The number of benzene rings is 1. The second-order valence-corrected chi connectivity index (χ2v) is 4.75.